The summed E-state index contributed by atoms with van der Waals surface area (Å²) in [6, 6.07) is 8.98. The van der Waals surface area contributed by atoms with Crippen LogP contribution >= 0.6 is 0 Å². The summed E-state index contributed by atoms with van der Waals surface area (Å²) < 4.78 is 35.5. The topological polar surface area (TPSA) is 20.2 Å². The Morgan fingerprint density at radius 3 is 2.25 bits per heavy atom. The number of unbranched alkanes of at least 4 members (excludes halogenated alkanes) is 1. The molecule has 16 heavy (non-hydrogen) atoms. The molecule has 4 heteroatoms. The van der Waals surface area contributed by atoms with Gasteiger partial charge in [-0.2, -0.15) is 13.2 Å². The van der Waals surface area contributed by atoms with Gasteiger partial charge in [-0.05, 0) is 18.4 Å². The van der Waals surface area contributed by atoms with Gasteiger partial charge in [-0.15, -0.1) is 0 Å². The van der Waals surface area contributed by atoms with E-state index in [1.807, 2.05) is 6.07 Å². The SMILES string of the molecule is OC(CCCCC(F)(F)F)c1ccccc1. The maximum Gasteiger partial charge on any atom is 0.389 e. The maximum atomic E-state index is 11.8. The van der Waals surface area contributed by atoms with E-state index in [1.165, 1.54) is 0 Å². The molecule has 0 aromatic heterocycles. The highest BCUT2D eigenvalue weighted by molar-refractivity contribution is 5.16. The molecule has 0 amide bonds. The molecule has 0 aliphatic heterocycles. The van der Waals surface area contributed by atoms with E-state index in [4.69, 9.17) is 0 Å². The quantitative estimate of drug-likeness (QED) is 0.764. The minimum absolute atomic E-state index is 0.0768. The van der Waals surface area contributed by atoms with Crippen molar-refractivity contribution >= 4 is 0 Å². The maximum absolute atomic E-state index is 11.8. The van der Waals surface area contributed by atoms with Crippen molar-refractivity contribution in [2.24, 2.45) is 0 Å². The van der Waals surface area contributed by atoms with Crippen LogP contribution in [0.4, 0.5) is 13.2 Å². The Bertz CT molecular complexity index is 295. The van der Waals surface area contributed by atoms with E-state index in [9.17, 15) is 18.3 Å². The third kappa shape index (κ3) is 5.16. The van der Waals surface area contributed by atoms with Crippen LogP contribution in [0.1, 0.15) is 37.4 Å². The molecule has 0 spiro atoms. The van der Waals surface area contributed by atoms with Crippen LogP contribution in [0.25, 0.3) is 0 Å². The number of aliphatic hydroxyl groups excluding tert-OH is 1. The summed E-state index contributed by atoms with van der Waals surface area (Å²) in [6.07, 6.45) is -4.68. The minimum atomic E-state index is -4.09. The molecule has 1 atom stereocenters. The normalized spacial score (nSPS) is 13.8. The van der Waals surface area contributed by atoms with E-state index < -0.39 is 18.7 Å². The molecule has 1 N–H and O–H groups in total. The van der Waals surface area contributed by atoms with Gasteiger partial charge >= 0.3 is 6.18 Å². The zero-order valence-electron chi connectivity index (χ0n) is 8.87. The Labute approximate surface area is 92.9 Å². The number of aliphatic hydroxyl groups is 1. The van der Waals surface area contributed by atoms with Crippen LogP contribution in [-0.4, -0.2) is 11.3 Å². The van der Waals surface area contributed by atoms with Crippen LogP contribution < -0.4 is 0 Å². The van der Waals surface area contributed by atoms with Crippen molar-refractivity contribution in [1.82, 2.24) is 0 Å². The van der Waals surface area contributed by atoms with Crippen LogP contribution in [0, 0.1) is 0 Å². The molecule has 0 heterocycles. The first-order valence-electron chi connectivity index (χ1n) is 5.29. The lowest BCUT2D eigenvalue weighted by Gasteiger charge is -2.11. The highest BCUT2D eigenvalue weighted by atomic mass is 19.4. The highest BCUT2D eigenvalue weighted by Gasteiger charge is 2.25. The molecule has 0 saturated carbocycles. The van der Waals surface area contributed by atoms with Gasteiger partial charge in [0.2, 0.25) is 0 Å². The first-order chi connectivity index (χ1) is 7.49. The number of rotatable bonds is 5. The van der Waals surface area contributed by atoms with E-state index in [-0.39, 0.29) is 6.42 Å². The molecule has 0 aliphatic carbocycles. The second-order valence-corrected chi connectivity index (χ2v) is 3.79. The number of hydrogen-bond acceptors (Lipinski definition) is 1. The molecule has 1 unspecified atom stereocenters. The third-order valence-electron chi connectivity index (χ3n) is 2.37. The number of hydrogen-bond donors (Lipinski definition) is 1. The van der Waals surface area contributed by atoms with Crippen LogP contribution in [-0.2, 0) is 0 Å². The number of benzene rings is 1. The Hall–Kier alpha value is -1.03. The average Bonchev–Trinajstić information content (AvgIpc) is 2.24. The van der Waals surface area contributed by atoms with E-state index in [0.29, 0.717) is 12.8 Å². The van der Waals surface area contributed by atoms with Crippen molar-refractivity contribution in [2.45, 2.75) is 38.0 Å². The molecule has 0 radical (unpaired) electrons. The second kappa shape index (κ2) is 5.89. The van der Waals surface area contributed by atoms with Crippen molar-refractivity contribution in [3.8, 4) is 0 Å². The fourth-order valence-corrected chi connectivity index (χ4v) is 1.50. The summed E-state index contributed by atoms with van der Waals surface area (Å²) in [5.41, 5.74) is 0.759. The first-order valence-corrected chi connectivity index (χ1v) is 5.29. The monoisotopic (exact) mass is 232 g/mol. The third-order valence-corrected chi connectivity index (χ3v) is 2.37. The molecule has 0 saturated heterocycles. The lowest BCUT2D eigenvalue weighted by molar-refractivity contribution is -0.135. The van der Waals surface area contributed by atoms with Gasteiger partial charge in [0.15, 0.2) is 0 Å². The minimum Gasteiger partial charge on any atom is -0.388 e. The molecular weight excluding hydrogens is 217 g/mol. The molecule has 90 valence electrons. The summed E-state index contributed by atoms with van der Waals surface area (Å²) in [6.45, 7) is 0. The van der Waals surface area contributed by atoms with Gasteiger partial charge in [-0.25, -0.2) is 0 Å². The van der Waals surface area contributed by atoms with Crippen molar-refractivity contribution in [1.29, 1.82) is 0 Å². The predicted octanol–water partition coefficient (Wildman–Crippen LogP) is 3.84. The average molecular weight is 232 g/mol. The zero-order chi connectivity index (χ0) is 12.0. The zero-order valence-corrected chi connectivity index (χ0v) is 8.87. The van der Waals surface area contributed by atoms with Gasteiger partial charge in [-0.3, -0.25) is 0 Å². The summed E-state index contributed by atoms with van der Waals surface area (Å²) >= 11 is 0. The Balaban J connectivity index is 2.24. The predicted molar refractivity (Wildman–Crippen MR) is 55.9 cm³/mol. The fourth-order valence-electron chi connectivity index (χ4n) is 1.50. The molecule has 1 rings (SSSR count). The van der Waals surface area contributed by atoms with E-state index >= 15 is 0 Å². The summed E-state index contributed by atoms with van der Waals surface area (Å²) in [7, 11) is 0. The number of halogens is 3. The van der Waals surface area contributed by atoms with Gasteiger partial charge < -0.3 is 5.11 Å². The molecule has 0 fully saturated rings. The van der Waals surface area contributed by atoms with Crippen LogP contribution in [0.2, 0.25) is 0 Å². The lowest BCUT2D eigenvalue weighted by Crippen LogP contribution is -2.07. The van der Waals surface area contributed by atoms with Crippen molar-refractivity contribution in [3.05, 3.63) is 35.9 Å². The van der Waals surface area contributed by atoms with E-state index in [2.05, 4.69) is 0 Å². The number of alkyl halides is 3. The standard InChI is InChI=1S/C12H15F3O/c13-12(14,15)9-5-4-8-11(16)10-6-2-1-3-7-10/h1-3,6-7,11,16H,4-5,8-9H2. The fraction of sp³-hybridized carbons (Fsp3) is 0.500. The molecule has 1 aromatic rings. The molecule has 1 nitrogen and oxygen atoms in total. The van der Waals surface area contributed by atoms with Crippen molar-refractivity contribution in [3.63, 3.8) is 0 Å². The van der Waals surface area contributed by atoms with E-state index in [1.54, 1.807) is 24.3 Å². The van der Waals surface area contributed by atoms with E-state index in [0.717, 1.165) is 5.56 Å². The van der Waals surface area contributed by atoms with Crippen molar-refractivity contribution in [2.75, 3.05) is 0 Å². The summed E-state index contributed by atoms with van der Waals surface area (Å²) in [5.74, 6) is 0. The van der Waals surface area contributed by atoms with Crippen LogP contribution in [0.5, 0.6) is 0 Å². The van der Waals surface area contributed by atoms with Gasteiger partial charge in [0, 0.05) is 6.42 Å². The Kier molecular flexibility index (Phi) is 4.80. The smallest absolute Gasteiger partial charge is 0.388 e. The van der Waals surface area contributed by atoms with Gasteiger partial charge in [0.05, 0.1) is 6.10 Å². The summed E-state index contributed by atoms with van der Waals surface area (Å²) in [5, 5.41) is 9.67. The molecule has 1 aromatic carbocycles. The second-order valence-electron chi connectivity index (χ2n) is 3.79. The Morgan fingerprint density at radius 2 is 1.69 bits per heavy atom. The van der Waals surface area contributed by atoms with Crippen LogP contribution in [0.15, 0.2) is 30.3 Å². The Morgan fingerprint density at radius 1 is 1.06 bits per heavy atom. The molecule has 0 aliphatic rings. The molecule has 0 bridgehead atoms. The van der Waals surface area contributed by atoms with Gasteiger partial charge in [-0.1, -0.05) is 36.8 Å². The lowest BCUT2D eigenvalue weighted by atomic mass is 10.0. The van der Waals surface area contributed by atoms with Crippen LogP contribution in [0.3, 0.4) is 0 Å². The molecular formula is C12H15F3O. The van der Waals surface area contributed by atoms with Crippen molar-refractivity contribution < 1.29 is 18.3 Å². The highest BCUT2D eigenvalue weighted by Crippen LogP contribution is 2.25. The van der Waals surface area contributed by atoms with Gasteiger partial charge in [0.1, 0.15) is 0 Å². The summed E-state index contributed by atoms with van der Waals surface area (Å²) in [4.78, 5) is 0. The van der Waals surface area contributed by atoms with Gasteiger partial charge in [0.25, 0.3) is 0 Å². The first kappa shape index (κ1) is 13.0. The largest absolute Gasteiger partial charge is 0.389 e.